The van der Waals surface area contributed by atoms with Gasteiger partial charge in [-0.05, 0) is 29.7 Å². The lowest BCUT2D eigenvalue weighted by Gasteiger charge is -1.99. The van der Waals surface area contributed by atoms with E-state index >= 15 is 0 Å². The molecule has 2 nitrogen and oxygen atoms in total. The first kappa shape index (κ1) is 10.4. The second-order valence-electron chi connectivity index (χ2n) is 3.02. The summed E-state index contributed by atoms with van der Waals surface area (Å²) in [5.74, 6) is 0. The van der Waals surface area contributed by atoms with Crippen LogP contribution in [0.4, 0.5) is 0 Å². The fourth-order valence-corrected chi connectivity index (χ4v) is 1.33. The van der Waals surface area contributed by atoms with Crippen molar-refractivity contribution in [2.75, 3.05) is 0 Å². The van der Waals surface area contributed by atoms with Gasteiger partial charge in [-0.25, -0.2) is 0 Å². The second-order valence-corrected chi connectivity index (χ2v) is 3.02. The largest absolute Gasteiger partial charge is 0.344 e. The van der Waals surface area contributed by atoms with Crippen LogP contribution >= 0.6 is 0 Å². The lowest BCUT2D eigenvalue weighted by Crippen LogP contribution is -1.86. The standard InChI is InChI=1S/C12H11N.H3N/c1-2-4-11(5-3-1)10-12-6-8-13-9-7-12;/h1-9H,10H2;1H3. The van der Waals surface area contributed by atoms with Crippen molar-refractivity contribution < 1.29 is 0 Å². The maximum Gasteiger partial charge on any atom is 0.0270 e. The van der Waals surface area contributed by atoms with Gasteiger partial charge in [-0.1, -0.05) is 30.3 Å². The fraction of sp³-hybridized carbons (Fsp3) is 0.0833. The van der Waals surface area contributed by atoms with Crippen molar-refractivity contribution >= 4 is 0 Å². The summed E-state index contributed by atoms with van der Waals surface area (Å²) in [5, 5.41) is 0. The molecule has 1 aromatic heterocycles. The summed E-state index contributed by atoms with van der Waals surface area (Å²) in [7, 11) is 0. The van der Waals surface area contributed by atoms with Crippen molar-refractivity contribution in [1.29, 1.82) is 0 Å². The molecule has 0 bridgehead atoms. The Kier molecular flexibility index (Phi) is 3.83. The van der Waals surface area contributed by atoms with Crippen LogP contribution in [0.2, 0.25) is 0 Å². The molecule has 72 valence electrons. The molecule has 0 saturated carbocycles. The van der Waals surface area contributed by atoms with Crippen molar-refractivity contribution in [3.8, 4) is 0 Å². The highest BCUT2D eigenvalue weighted by atomic mass is 14.6. The first-order valence-electron chi connectivity index (χ1n) is 4.38. The van der Waals surface area contributed by atoms with E-state index < -0.39 is 0 Å². The summed E-state index contributed by atoms with van der Waals surface area (Å²) >= 11 is 0. The Hall–Kier alpha value is -1.67. The lowest BCUT2D eigenvalue weighted by molar-refractivity contribution is 1.16. The number of hydrogen-bond acceptors (Lipinski definition) is 2. The van der Waals surface area contributed by atoms with Gasteiger partial charge < -0.3 is 6.15 Å². The Balaban J connectivity index is 0.000000980. The van der Waals surface area contributed by atoms with Crippen molar-refractivity contribution in [3.05, 3.63) is 66.0 Å². The molecule has 0 spiro atoms. The van der Waals surface area contributed by atoms with Gasteiger partial charge in [0.05, 0.1) is 0 Å². The van der Waals surface area contributed by atoms with E-state index in [1.165, 1.54) is 11.1 Å². The molecule has 0 fully saturated rings. The van der Waals surface area contributed by atoms with E-state index in [2.05, 4.69) is 29.2 Å². The summed E-state index contributed by atoms with van der Waals surface area (Å²) in [4.78, 5) is 3.99. The Morgan fingerprint density at radius 1 is 0.786 bits per heavy atom. The van der Waals surface area contributed by atoms with Crippen molar-refractivity contribution in [2.24, 2.45) is 0 Å². The van der Waals surface area contributed by atoms with Gasteiger partial charge in [-0.15, -0.1) is 0 Å². The van der Waals surface area contributed by atoms with Crippen LogP contribution in [0.15, 0.2) is 54.9 Å². The smallest absolute Gasteiger partial charge is 0.0270 e. The van der Waals surface area contributed by atoms with Gasteiger partial charge in [0.1, 0.15) is 0 Å². The maximum atomic E-state index is 3.99. The molecular weight excluding hydrogens is 172 g/mol. The normalized spacial score (nSPS) is 9.14. The molecule has 0 saturated heterocycles. The zero-order chi connectivity index (χ0) is 8.93. The van der Waals surface area contributed by atoms with Crippen LogP contribution in [0.3, 0.4) is 0 Å². The molecule has 2 aromatic rings. The van der Waals surface area contributed by atoms with Gasteiger partial charge in [0.2, 0.25) is 0 Å². The third-order valence-corrected chi connectivity index (χ3v) is 2.00. The van der Waals surface area contributed by atoms with Gasteiger partial charge in [0, 0.05) is 12.4 Å². The number of benzene rings is 1. The zero-order valence-electron chi connectivity index (χ0n) is 8.06. The minimum Gasteiger partial charge on any atom is -0.344 e. The van der Waals surface area contributed by atoms with Crippen LogP contribution in [0.1, 0.15) is 11.1 Å². The molecule has 0 radical (unpaired) electrons. The highest BCUT2D eigenvalue weighted by molar-refractivity contribution is 5.23. The van der Waals surface area contributed by atoms with E-state index in [0.717, 1.165) is 6.42 Å². The van der Waals surface area contributed by atoms with E-state index in [4.69, 9.17) is 0 Å². The van der Waals surface area contributed by atoms with Crippen LogP contribution < -0.4 is 6.15 Å². The Labute approximate surface area is 84.2 Å². The van der Waals surface area contributed by atoms with Gasteiger partial charge in [0.25, 0.3) is 0 Å². The number of nitrogens with zero attached hydrogens (tertiary/aromatic N) is 1. The van der Waals surface area contributed by atoms with Crippen LogP contribution in [0, 0.1) is 0 Å². The summed E-state index contributed by atoms with van der Waals surface area (Å²) < 4.78 is 0. The number of aromatic nitrogens is 1. The minimum atomic E-state index is 0. The number of rotatable bonds is 2. The van der Waals surface area contributed by atoms with Crippen molar-refractivity contribution in [1.82, 2.24) is 11.1 Å². The summed E-state index contributed by atoms with van der Waals surface area (Å²) in [6.45, 7) is 0. The Morgan fingerprint density at radius 2 is 1.36 bits per heavy atom. The monoisotopic (exact) mass is 186 g/mol. The predicted octanol–water partition coefficient (Wildman–Crippen LogP) is 2.83. The average Bonchev–Trinajstić information content (AvgIpc) is 2.21. The highest BCUT2D eigenvalue weighted by Gasteiger charge is 1.93. The van der Waals surface area contributed by atoms with Crippen molar-refractivity contribution in [3.63, 3.8) is 0 Å². The first-order valence-corrected chi connectivity index (χ1v) is 4.38. The molecule has 0 unspecified atom stereocenters. The fourth-order valence-electron chi connectivity index (χ4n) is 1.33. The van der Waals surface area contributed by atoms with Gasteiger partial charge in [0.15, 0.2) is 0 Å². The van der Waals surface area contributed by atoms with Gasteiger partial charge >= 0.3 is 0 Å². The molecule has 1 heterocycles. The van der Waals surface area contributed by atoms with E-state index in [0.29, 0.717) is 0 Å². The topological polar surface area (TPSA) is 47.9 Å². The first-order chi connectivity index (χ1) is 6.45. The van der Waals surface area contributed by atoms with Crippen LogP contribution in [-0.2, 0) is 6.42 Å². The minimum absolute atomic E-state index is 0. The molecular formula is C12H14N2. The summed E-state index contributed by atoms with van der Waals surface area (Å²) in [6.07, 6.45) is 4.65. The SMILES string of the molecule is N.c1ccc(Cc2ccncc2)cc1. The molecule has 0 aliphatic rings. The van der Waals surface area contributed by atoms with Crippen LogP contribution in [0.25, 0.3) is 0 Å². The van der Waals surface area contributed by atoms with E-state index in [9.17, 15) is 0 Å². The van der Waals surface area contributed by atoms with E-state index in [1.54, 1.807) is 0 Å². The van der Waals surface area contributed by atoms with Crippen LogP contribution in [0.5, 0.6) is 0 Å². The third kappa shape index (κ3) is 2.68. The summed E-state index contributed by atoms with van der Waals surface area (Å²) in [5.41, 5.74) is 2.65. The van der Waals surface area contributed by atoms with Crippen LogP contribution in [-0.4, -0.2) is 4.98 Å². The quantitative estimate of drug-likeness (QED) is 0.784. The zero-order valence-corrected chi connectivity index (χ0v) is 8.06. The molecule has 2 heteroatoms. The molecule has 0 aliphatic heterocycles. The average molecular weight is 186 g/mol. The summed E-state index contributed by atoms with van der Waals surface area (Å²) in [6, 6.07) is 14.5. The number of pyridine rings is 1. The Morgan fingerprint density at radius 3 is 2.00 bits per heavy atom. The molecule has 3 N–H and O–H groups in total. The van der Waals surface area contributed by atoms with Gasteiger partial charge in [-0.2, -0.15) is 0 Å². The molecule has 14 heavy (non-hydrogen) atoms. The molecule has 1 aromatic carbocycles. The lowest BCUT2D eigenvalue weighted by atomic mass is 10.1. The second kappa shape index (κ2) is 5.14. The molecule has 0 amide bonds. The van der Waals surface area contributed by atoms with E-state index in [1.807, 2.05) is 30.6 Å². The van der Waals surface area contributed by atoms with Crippen molar-refractivity contribution in [2.45, 2.75) is 6.42 Å². The van der Waals surface area contributed by atoms with Gasteiger partial charge in [-0.3, -0.25) is 4.98 Å². The highest BCUT2D eigenvalue weighted by Crippen LogP contribution is 2.06. The molecule has 0 atom stereocenters. The maximum absolute atomic E-state index is 3.99. The molecule has 2 rings (SSSR count). The van der Waals surface area contributed by atoms with E-state index in [-0.39, 0.29) is 6.15 Å². The number of hydrogen-bond donors (Lipinski definition) is 1. The molecule has 0 aliphatic carbocycles. The predicted molar refractivity (Wildman–Crippen MR) is 58.5 cm³/mol. The third-order valence-electron chi connectivity index (χ3n) is 2.00. The Bertz CT molecular complexity index is 319.